The molecule has 0 bridgehead atoms. The normalized spacial score (nSPS) is 12.4. The van der Waals surface area contributed by atoms with Gasteiger partial charge in [-0.05, 0) is 44.0 Å². The highest BCUT2D eigenvalue weighted by Gasteiger charge is 2.18. The number of sulfonamides is 1. The Morgan fingerprint density at radius 2 is 1.67 bits per heavy atom. The third-order valence-corrected chi connectivity index (χ3v) is 3.53. The van der Waals surface area contributed by atoms with Gasteiger partial charge in [-0.2, -0.15) is 8.42 Å². The van der Waals surface area contributed by atoms with Gasteiger partial charge in [0.1, 0.15) is 0 Å². The van der Waals surface area contributed by atoms with Gasteiger partial charge < -0.3 is 16.5 Å². The average Bonchev–Trinajstić information content (AvgIpc) is 2.30. The largest absolute Gasteiger partial charge is 0.412 e. The van der Waals surface area contributed by atoms with E-state index in [9.17, 15) is 8.42 Å². The molecule has 0 saturated carbocycles. The van der Waals surface area contributed by atoms with E-state index in [0.717, 1.165) is 29.6 Å². The van der Waals surface area contributed by atoms with Crippen LogP contribution in [0.15, 0.2) is 12.1 Å². The first-order chi connectivity index (χ1) is 10.3. The first-order valence-corrected chi connectivity index (χ1v) is 9.85. The molecule has 1 aromatic carbocycles. The second kappa shape index (κ2) is 9.76. The Balaban J connectivity index is 0. The SMILES string of the molecule is CCNc1ccc(N)c(C)c1C(C)NS(C)(=O)=O.O.O=S(=O)(O)O. The van der Waals surface area contributed by atoms with Gasteiger partial charge in [0, 0.05) is 24.0 Å². The molecular formula is C12H25N3O7S2. The van der Waals surface area contributed by atoms with Crippen molar-refractivity contribution in [2.24, 2.45) is 0 Å². The molecule has 0 aliphatic carbocycles. The summed E-state index contributed by atoms with van der Waals surface area (Å²) >= 11 is 0. The van der Waals surface area contributed by atoms with Gasteiger partial charge in [0.05, 0.1) is 6.26 Å². The van der Waals surface area contributed by atoms with E-state index < -0.39 is 20.4 Å². The lowest BCUT2D eigenvalue weighted by molar-refractivity contribution is 0.381. The molecule has 8 N–H and O–H groups in total. The molecule has 142 valence electrons. The fraction of sp³-hybridized carbons (Fsp3) is 0.500. The second-order valence-corrected chi connectivity index (χ2v) is 7.51. The van der Waals surface area contributed by atoms with E-state index in [1.807, 2.05) is 32.9 Å². The maximum absolute atomic E-state index is 11.3. The molecule has 10 nitrogen and oxygen atoms in total. The van der Waals surface area contributed by atoms with Crippen molar-refractivity contribution in [2.75, 3.05) is 23.9 Å². The molecule has 12 heteroatoms. The van der Waals surface area contributed by atoms with E-state index in [1.165, 1.54) is 0 Å². The highest BCUT2D eigenvalue weighted by atomic mass is 32.3. The van der Waals surface area contributed by atoms with E-state index in [2.05, 4.69) is 10.0 Å². The van der Waals surface area contributed by atoms with Crippen molar-refractivity contribution >= 4 is 31.8 Å². The summed E-state index contributed by atoms with van der Waals surface area (Å²) in [6, 6.07) is 3.38. The number of rotatable bonds is 5. The van der Waals surface area contributed by atoms with Gasteiger partial charge in [-0.25, -0.2) is 13.1 Å². The van der Waals surface area contributed by atoms with Crippen LogP contribution in [0.2, 0.25) is 0 Å². The molecular weight excluding hydrogens is 362 g/mol. The van der Waals surface area contributed by atoms with E-state index in [-0.39, 0.29) is 11.5 Å². The van der Waals surface area contributed by atoms with Gasteiger partial charge in [-0.15, -0.1) is 0 Å². The van der Waals surface area contributed by atoms with Crippen molar-refractivity contribution in [1.29, 1.82) is 0 Å². The third kappa shape index (κ3) is 10.4. The number of hydrogen-bond donors (Lipinski definition) is 5. The Morgan fingerprint density at radius 1 is 1.21 bits per heavy atom. The van der Waals surface area contributed by atoms with E-state index >= 15 is 0 Å². The number of benzene rings is 1. The monoisotopic (exact) mass is 387 g/mol. The number of nitrogens with one attached hydrogen (secondary N) is 2. The van der Waals surface area contributed by atoms with Gasteiger partial charge in [0.2, 0.25) is 10.0 Å². The summed E-state index contributed by atoms with van der Waals surface area (Å²) < 4.78 is 56.8. The summed E-state index contributed by atoms with van der Waals surface area (Å²) in [5.41, 5.74) is 9.24. The zero-order valence-corrected chi connectivity index (χ0v) is 15.5. The minimum Gasteiger partial charge on any atom is -0.412 e. The summed E-state index contributed by atoms with van der Waals surface area (Å²) in [4.78, 5) is 0. The minimum atomic E-state index is -4.67. The standard InChI is InChI=1S/C12H21N3O2S.H2O4S.H2O/c1-5-14-11-7-6-10(13)8(2)12(11)9(3)15-18(4,16)17;1-5(2,3)4;/h6-7,9,14-15H,5,13H2,1-4H3;(H2,1,2,3,4);1H2. The van der Waals surface area contributed by atoms with Gasteiger partial charge in [-0.3, -0.25) is 9.11 Å². The molecule has 1 aromatic rings. The lowest BCUT2D eigenvalue weighted by Gasteiger charge is -2.21. The van der Waals surface area contributed by atoms with E-state index in [0.29, 0.717) is 5.69 Å². The molecule has 24 heavy (non-hydrogen) atoms. The fourth-order valence-corrected chi connectivity index (χ4v) is 2.79. The highest BCUT2D eigenvalue weighted by Crippen LogP contribution is 2.30. The average molecular weight is 387 g/mol. The smallest absolute Gasteiger partial charge is 0.394 e. The molecule has 0 fully saturated rings. The Bertz CT molecular complexity index is 725. The molecule has 0 aliphatic heterocycles. The molecule has 0 radical (unpaired) electrons. The fourth-order valence-electron chi connectivity index (χ4n) is 2.03. The maximum atomic E-state index is 11.3. The number of nitrogens with two attached hydrogens (primary N) is 1. The molecule has 0 aromatic heterocycles. The maximum Gasteiger partial charge on any atom is 0.394 e. The molecule has 1 atom stereocenters. The van der Waals surface area contributed by atoms with Crippen LogP contribution in [0.4, 0.5) is 11.4 Å². The van der Waals surface area contributed by atoms with Crippen LogP contribution in [0.5, 0.6) is 0 Å². The molecule has 0 spiro atoms. The zero-order chi connectivity index (χ0) is 18.4. The molecule has 0 amide bonds. The predicted molar refractivity (Wildman–Crippen MR) is 93.9 cm³/mol. The first kappa shape index (κ1) is 24.8. The van der Waals surface area contributed by atoms with E-state index in [1.54, 1.807) is 0 Å². The summed E-state index contributed by atoms with van der Waals surface area (Å²) in [6.07, 6.45) is 1.15. The summed E-state index contributed by atoms with van der Waals surface area (Å²) in [6.45, 7) is 6.46. The van der Waals surface area contributed by atoms with Gasteiger partial charge >= 0.3 is 10.4 Å². The van der Waals surface area contributed by atoms with Crippen molar-refractivity contribution < 1.29 is 31.4 Å². The van der Waals surface area contributed by atoms with Gasteiger partial charge in [0.25, 0.3) is 0 Å². The molecule has 0 heterocycles. The summed E-state index contributed by atoms with van der Waals surface area (Å²) in [7, 11) is -7.92. The Hall–Kier alpha value is -1.44. The lowest BCUT2D eigenvalue weighted by atomic mass is 9.99. The van der Waals surface area contributed by atoms with Crippen LogP contribution in [-0.2, 0) is 20.4 Å². The Labute approximate surface area is 142 Å². The van der Waals surface area contributed by atoms with Crippen molar-refractivity contribution in [1.82, 2.24) is 4.72 Å². The second-order valence-electron chi connectivity index (χ2n) is 4.83. The first-order valence-electron chi connectivity index (χ1n) is 6.56. The predicted octanol–water partition coefficient (Wildman–Crippen LogP) is 0.142. The van der Waals surface area contributed by atoms with Gasteiger partial charge in [-0.1, -0.05) is 0 Å². The quantitative estimate of drug-likeness (QED) is 0.348. The molecule has 1 rings (SSSR count). The van der Waals surface area contributed by atoms with Crippen LogP contribution in [0, 0.1) is 6.92 Å². The summed E-state index contributed by atoms with van der Waals surface area (Å²) in [5.74, 6) is 0. The van der Waals surface area contributed by atoms with Gasteiger partial charge in [0.15, 0.2) is 0 Å². The van der Waals surface area contributed by atoms with Crippen LogP contribution in [-0.4, -0.2) is 44.2 Å². The number of nitrogen functional groups attached to an aromatic ring is 1. The van der Waals surface area contributed by atoms with Crippen molar-refractivity contribution in [3.05, 3.63) is 23.3 Å². The van der Waals surface area contributed by atoms with Crippen LogP contribution < -0.4 is 15.8 Å². The van der Waals surface area contributed by atoms with E-state index in [4.69, 9.17) is 23.3 Å². The third-order valence-electron chi connectivity index (χ3n) is 2.75. The van der Waals surface area contributed by atoms with Crippen molar-refractivity contribution in [2.45, 2.75) is 26.8 Å². The van der Waals surface area contributed by atoms with Crippen LogP contribution in [0.1, 0.15) is 31.0 Å². The number of hydrogen-bond acceptors (Lipinski definition) is 6. The topological polar surface area (TPSA) is 190 Å². The van der Waals surface area contributed by atoms with Crippen molar-refractivity contribution in [3.8, 4) is 0 Å². The molecule has 0 saturated heterocycles. The molecule has 0 aliphatic rings. The summed E-state index contributed by atoms with van der Waals surface area (Å²) in [5, 5.41) is 3.22. The number of anilines is 2. The minimum absolute atomic E-state index is 0. The zero-order valence-electron chi connectivity index (χ0n) is 13.9. The van der Waals surface area contributed by atoms with Crippen LogP contribution in [0.3, 0.4) is 0 Å². The van der Waals surface area contributed by atoms with Crippen LogP contribution >= 0.6 is 0 Å². The Kier molecular flexibility index (Phi) is 10.1. The molecule has 1 unspecified atom stereocenters. The lowest BCUT2D eigenvalue weighted by Crippen LogP contribution is -2.26. The van der Waals surface area contributed by atoms with Crippen molar-refractivity contribution in [3.63, 3.8) is 0 Å². The Morgan fingerprint density at radius 3 is 2.04 bits per heavy atom. The van der Waals surface area contributed by atoms with Crippen LogP contribution in [0.25, 0.3) is 0 Å². The highest BCUT2D eigenvalue weighted by molar-refractivity contribution is 7.88.